The number of nitrogens with zero attached hydrogens (tertiary/aromatic N) is 1. The fourth-order valence-corrected chi connectivity index (χ4v) is 2.56. The molecular formula is C15H31N3O3. The summed E-state index contributed by atoms with van der Waals surface area (Å²) in [6.45, 7) is 8.45. The number of hydrogen-bond donors (Lipinski definition) is 3. The molecule has 1 atom stereocenters. The molecule has 1 unspecified atom stereocenters. The molecule has 1 amide bonds. The molecule has 0 aliphatic heterocycles. The molecular weight excluding hydrogens is 270 g/mol. The molecule has 0 aromatic rings. The van der Waals surface area contributed by atoms with Crippen molar-refractivity contribution in [1.29, 1.82) is 0 Å². The maximum absolute atomic E-state index is 12.8. The van der Waals surface area contributed by atoms with Gasteiger partial charge in [0.25, 0.3) is 0 Å². The summed E-state index contributed by atoms with van der Waals surface area (Å²) in [6, 6.07) is -0.0953. The lowest BCUT2D eigenvalue weighted by atomic mass is 9.76. The molecule has 0 spiro atoms. The van der Waals surface area contributed by atoms with Crippen molar-refractivity contribution < 1.29 is 14.7 Å². The number of carbonyl (C=O) groups excluding carboxylic acids is 1. The first-order chi connectivity index (χ1) is 9.89. The van der Waals surface area contributed by atoms with Crippen LogP contribution in [0, 0.1) is 11.3 Å². The fraction of sp³-hybridized carbons (Fsp3) is 0.867. The SMILES string of the molecule is CCCC(CCC)(C(=O)NC(COC)C(C)C)C(N)=NO. The Kier molecular flexibility index (Phi) is 9.01. The van der Waals surface area contributed by atoms with Crippen LogP contribution >= 0.6 is 0 Å². The number of nitrogens with one attached hydrogen (secondary N) is 1. The van der Waals surface area contributed by atoms with E-state index in [0.717, 1.165) is 12.8 Å². The molecule has 0 heterocycles. The first-order valence-electron chi connectivity index (χ1n) is 7.67. The number of rotatable bonds is 10. The summed E-state index contributed by atoms with van der Waals surface area (Å²) < 4.78 is 5.16. The van der Waals surface area contributed by atoms with E-state index in [2.05, 4.69) is 10.5 Å². The smallest absolute Gasteiger partial charge is 0.234 e. The molecule has 0 aliphatic rings. The molecule has 0 radical (unpaired) electrons. The van der Waals surface area contributed by atoms with Crippen LogP contribution in [0.3, 0.4) is 0 Å². The summed E-state index contributed by atoms with van der Waals surface area (Å²) >= 11 is 0. The number of hydrogen-bond acceptors (Lipinski definition) is 4. The molecule has 0 bridgehead atoms. The van der Waals surface area contributed by atoms with Crippen LogP contribution in [0.25, 0.3) is 0 Å². The molecule has 0 aliphatic carbocycles. The van der Waals surface area contributed by atoms with Crippen LogP contribution in [0.5, 0.6) is 0 Å². The van der Waals surface area contributed by atoms with Gasteiger partial charge in [-0.1, -0.05) is 45.7 Å². The Labute approximate surface area is 128 Å². The van der Waals surface area contributed by atoms with Gasteiger partial charge in [-0.25, -0.2) is 0 Å². The van der Waals surface area contributed by atoms with Gasteiger partial charge in [-0.15, -0.1) is 0 Å². The lowest BCUT2D eigenvalue weighted by Crippen LogP contribution is -2.54. The van der Waals surface area contributed by atoms with Gasteiger partial charge in [-0.05, 0) is 18.8 Å². The van der Waals surface area contributed by atoms with E-state index in [1.807, 2.05) is 27.7 Å². The van der Waals surface area contributed by atoms with Gasteiger partial charge in [0.2, 0.25) is 5.91 Å². The average molecular weight is 301 g/mol. The fourth-order valence-electron chi connectivity index (χ4n) is 2.56. The van der Waals surface area contributed by atoms with Gasteiger partial charge in [0.05, 0.1) is 12.6 Å². The molecule has 21 heavy (non-hydrogen) atoms. The quantitative estimate of drug-likeness (QED) is 0.249. The molecule has 6 heteroatoms. The van der Waals surface area contributed by atoms with Gasteiger partial charge in [-0.2, -0.15) is 0 Å². The predicted molar refractivity (Wildman–Crippen MR) is 84.3 cm³/mol. The Bertz CT molecular complexity index is 337. The van der Waals surface area contributed by atoms with Crippen LogP contribution in [0.4, 0.5) is 0 Å². The highest BCUT2D eigenvalue weighted by Gasteiger charge is 2.42. The predicted octanol–water partition coefficient (Wildman–Crippen LogP) is 2.11. The second-order valence-corrected chi connectivity index (χ2v) is 5.85. The van der Waals surface area contributed by atoms with Crippen LogP contribution in [0.15, 0.2) is 5.16 Å². The zero-order valence-corrected chi connectivity index (χ0v) is 14.0. The van der Waals surface area contributed by atoms with Gasteiger partial charge >= 0.3 is 0 Å². The third-order valence-electron chi connectivity index (χ3n) is 3.85. The van der Waals surface area contributed by atoms with Crippen molar-refractivity contribution in [3.8, 4) is 0 Å². The number of methoxy groups -OCH3 is 1. The van der Waals surface area contributed by atoms with E-state index in [1.54, 1.807) is 7.11 Å². The van der Waals surface area contributed by atoms with Crippen LogP contribution in [0.2, 0.25) is 0 Å². The molecule has 0 saturated heterocycles. The number of carbonyl (C=O) groups is 1. The van der Waals surface area contributed by atoms with Crippen molar-refractivity contribution in [1.82, 2.24) is 5.32 Å². The Morgan fingerprint density at radius 2 is 1.86 bits per heavy atom. The third kappa shape index (κ3) is 5.19. The standard InChI is InChI=1S/C15H31N3O3/c1-6-8-15(9-7-2,13(16)18-20)14(19)17-12(10-21-5)11(3)4/h11-12,20H,6-10H2,1-5H3,(H2,16,18)(H,17,19). The van der Waals surface area contributed by atoms with E-state index in [1.165, 1.54) is 0 Å². The molecule has 0 aromatic heterocycles. The number of amides is 1. The molecule has 0 fully saturated rings. The van der Waals surface area contributed by atoms with E-state index in [9.17, 15) is 4.79 Å². The van der Waals surface area contributed by atoms with Crippen LogP contribution in [-0.4, -0.2) is 36.7 Å². The van der Waals surface area contributed by atoms with Crippen molar-refractivity contribution in [2.45, 2.75) is 59.4 Å². The van der Waals surface area contributed by atoms with Gasteiger partial charge in [-0.3, -0.25) is 4.79 Å². The summed E-state index contributed by atoms with van der Waals surface area (Å²) in [5.74, 6) is 0.0445. The maximum Gasteiger partial charge on any atom is 0.234 e. The summed E-state index contributed by atoms with van der Waals surface area (Å²) in [4.78, 5) is 12.8. The topological polar surface area (TPSA) is 96.9 Å². The largest absolute Gasteiger partial charge is 0.409 e. The van der Waals surface area contributed by atoms with Crippen molar-refractivity contribution in [2.75, 3.05) is 13.7 Å². The Morgan fingerprint density at radius 1 is 1.33 bits per heavy atom. The highest BCUT2D eigenvalue weighted by molar-refractivity contribution is 6.06. The van der Waals surface area contributed by atoms with E-state index in [0.29, 0.717) is 19.4 Å². The lowest BCUT2D eigenvalue weighted by molar-refractivity contribution is -0.130. The number of amidine groups is 1. The summed E-state index contributed by atoms with van der Waals surface area (Å²) in [5, 5.41) is 15.2. The Balaban J connectivity index is 5.35. The third-order valence-corrected chi connectivity index (χ3v) is 3.85. The monoisotopic (exact) mass is 301 g/mol. The van der Waals surface area contributed by atoms with Gasteiger partial charge in [0.1, 0.15) is 5.41 Å². The summed E-state index contributed by atoms with van der Waals surface area (Å²) in [5.41, 5.74) is 4.91. The van der Waals surface area contributed by atoms with Crippen molar-refractivity contribution in [3.05, 3.63) is 0 Å². The normalized spacial score (nSPS) is 14.3. The molecule has 4 N–H and O–H groups in total. The summed E-state index contributed by atoms with van der Waals surface area (Å²) in [7, 11) is 1.61. The van der Waals surface area contributed by atoms with Crippen LogP contribution in [-0.2, 0) is 9.53 Å². The Morgan fingerprint density at radius 3 is 2.19 bits per heavy atom. The van der Waals surface area contributed by atoms with Crippen molar-refractivity contribution in [3.63, 3.8) is 0 Å². The molecule has 0 aromatic carbocycles. The first kappa shape index (κ1) is 19.7. The van der Waals surface area contributed by atoms with Crippen molar-refractivity contribution >= 4 is 11.7 Å². The van der Waals surface area contributed by atoms with E-state index < -0.39 is 5.41 Å². The highest BCUT2D eigenvalue weighted by Crippen LogP contribution is 2.31. The molecule has 6 nitrogen and oxygen atoms in total. The average Bonchev–Trinajstić information content (AvgIpc) is 2.45. The van der Waals surface area contributed by atoms with Gasteiger partial charge in [0.15, 0.2) is 5.84 Å². The number of nitrogens with two attached hydrogens (primary N) is 1. The second kappa shape index (κ2) is 9.60. The minimum Gasteiger partial charge on any atom is -0.409 e. The highest BCUT2D eigenvalue weighted by atomic mass is 16.5. The zero-order chi connectivity index (χ0) is 16.5. The maximum atomic E-state index is 12.8. The first-order valence-corrected chi connectivity index (χ1v) is 7.67. The molecule has 0 saturated carbocycles. The van der Waals surface area contributed by atoms with E-state index in [-0.39, 0.29) is 23.7 Å². The molecule has 124 valence electrons. The zero-order valence-electron chi connectivity index (χ0n) is 14.0. The molecule has 0 rings (SSSR count). The van der Waals surface area contributed by atoms with Crippen molar-refractivity contribution in [2.24, 2.45) is 22.2 Å². The lowest BCUT2D eigenvalue weighted by Gasteiger charge is -2.33. The summed E-state index contributed by atoms with van der Waals surface area (Å²) in [6.07, 6.45) is 2.67. The van der Waals surface area contributed by atoms with E-state index in [4.69, 9.17) is 15.7 Å². The van der Waals surface area contributed by atoms with Crippen LogP contribution < -0.4 is 11.1 Å². The second-order valence-electron chi connectivity index (χ2n) is 5.85. The minimum atomic E-state index is -0.945. The van der Waals surface area contributed by atoms with E-state index >= 15 is 0 Å². The van der Waals surface area contributed by atoms with Crippen LogP contribution in [0.1, 0.15) is 53.4 Å². The number of oxime groups is 1. The Hall–Kier alpha value is -1.30. The van der Waals surface area contributed by atoms with Gasteiger partial charge < -0.3 is 21.0 Å². The minimum absolute atomic E-state index is 0.0105. The van der Waals surface area contributed by atoms with Gasteiger partial charge in [0, 0.05) is 7.11 Å². The number of ether oxygens (including phenoxy) is 1.